The van der Waals surface area contributed by atoms with Gasteiger partial charge in [0.05, 0.1) is 0 Å². The van der Waals surface area contributed by atoms with Crippen LogP contribution in [0.25, 0.3) is 0 Å². The quantitative estimate of drug-likeness (QED) is 0.604. The molecule has 2 atom stereocenters. The monoisotopic (exact) mass is 328 g/mol. The van der Waals surface area contributed by atoms with Crippen molar-refractivity contribution in [2.24, 2.45) is 0 Å². The number of benzene rings is 3. The van der Waals surface area contributed by atoms with Gasteiger partial charge >= 0.3 is 0 Å². The second kappa shape index (κ2) is 5.87. The van der Waals surface area contributed by atoms with Gasteiger partial charge in [-0.15, -0.1) is 0 Å². The largest absolute Gasteiger partial charge is 0.283 e. The van der Waals surface area contributed by atoms with Crippen LogP contribution in [0.4, 0.5) is 17.1 Å². The maximum atomic E-state index is 12.5. The molecule has 0 saturated heterocycles. The topological polar surface area (TPSA) is 31.2 Å². The highest BCUT2D eigenvalue weighted by Crippen LogP contribution is 2.49. The van der Waals surface area contributed by atoms with Crippen LogP contribution in [0.15, 0.2) is 78.9 Å². The molecule has 3 heteroatoms. The van der Waals surface area contributed by atoms with Crippen molar-refractivity contribution >= 4 is 23.0 Å². The summed E-state index contributed by atoms with van der Waals surface area (Å²) in [7, 11) is 0. The Morgan fingerprint density at radius 2 is 1.40 bits per heavy atom. The van der Waals surface area contributed by atoms with Gasteiger partial charge in [0.2, 0.25) is 0 Å². The molecule has 1 heterocycles. The summed E-state index contributed by atoms with van der Waals surface area (Å²) in [5, 5.41) is 4.49. The number of hydrogen-bond acceptors (Lipinski definition) is 1. The molecule has 0 saturated carbocycles. The maximum absolute atomic E-state index is 12.5. The van der Waals surface area contributed by atoms with E-state index in [0.717, 1.165) is 17.1 Å². The molecule has 123 valence electrons. The number of fused-ring (bicyclic) bond motifs is 1. The third kappa shape index (κ3) is 2.28. The molecule has 0 N–H and O–H groups in total. The van der Waals surface area contributed by atoms with Crippen LogP contribution in [-0.2, 0) is 0 Å². The summed E-state index contributed by atoms with van der Waals surface area (Å²) >= 11 is 0. The molecular formula is C22H20N2O+. The van der Waals surface area contributed by atoms with Gasteiger partial charge in [-0.05, 0) is 13.0 Å². The van der Waals surface area contributed by atoms with E-state index in [4.69, 9.17) is 0 Å². The fraction of sp³-hybridized carbons (Fsp3) is 0.136. The number of carbonyl (C=O) groups is 1. The molecule has 1 radical (unpaired) electrons. The van der Waals surface area contributed by atoms with E-state index in [1.54, 1.807) is 0 Å². The molecular weight excluding hydrogens is 308 g/mol. The number of hydrogen-bond donors (Lipinski definition) is 0. The molecule has 3 nitrogen and oxygen atoms in total. The van der Waals surface area contributed by atoms with Crippen LogP contribution in [0.3, 0.4) is 0 Å². The van der Waals surface area contributed by atoms with E-state index < -0.39 is 0 Å². The lowest BCUT2D eigenvalue weighted by Crippen LogP contribution is -2.56. The zero-order valence-electron chi connectivity index (χ0n) is 14.4. The van der Waals surface area contributed by atoms with Crippen molar-refractivity contribution in [3.05, 3.63) is 90.0 Å². The Bertz CT molecular complexity index is 918. The Morgan fingerprint density at radius 1 is 0.800 bits per heavy atom. The Morgan fingerprint density at radius 3 is 2.12 bits per heavy atom. The average molecular weight is 328 g/mol. The number of rotatable bonds is 2. The number of amides is 1. The summed E-state index contributed by atoms with van der Waals surface area (Å²) in [5.74, 6) is -0.139. The van der Waals surface area contributed by atoms with Crippen LogP contribution < -0.4 is 9.80 Å². The van der Waals surface area contributed by atoms with Gasteiger partial charge < -0.3 is 0 Å². The van der Waals surface area contributed by atoms with Crippen LogP contribution in [-0.4, -0.2) is 12.1 Å². The lowest BCUT2D eigenvalue weighted by atomic mass is 9.99. The van der Waals surface area contributed by atoms with Crippen LogP contribution in [0.5, 0.6) is 0 Å². The number of aryl methyl sites for hydroxylation is 1. The van der Waals surface area contributed by atoms with E-state index in [0.29, 0.717) is 10.0 Å². The Labute approximate surface area is 148 Å². The van der Waals surface area contributed by atoms with Gasteiger partial charge in [-0.2, -0.15) is 5.32 Å². The molecule has 1 amide bonds. The average Bonchev–Trinajstić information content (AvgIpc) is 2.64. The predicted octanol–water partition coefficient (Wildman–Crippen LogP) is 5.07. The van der Waals surface area contributed by atoms with Gasteiger partial charge in [0.25, 0.3) is 5.91 Å². The Kier molecular flexibility index (Phi) is 3.66. The number of para-hydroxylation sites is 2. The van der Waals surface area contributed by atoms with E-state index in [1.165, 1.54) is 5.56 Å². The molecule has 0 bridgehead atoms. The first-order valence-corrected chi connectivity index (χ1v) is 8.50. The Hall–Kier alpha value is -2.91. The van der Waals surface area contributed by atoms with E-state index >= 15 is 0 Å². The van der Waals surface area contributed by atoms with Crippen LogP contribution in [0.2, 0.25) is 0 Å². The van der Waals surface area contributed by atoms with Gasteiger partial charge in [0.1, 0.15) is 16.9 Å². The zero-order valence-corrected chi connectivity index (χ0v) is 14.4. The van der Waals surface area contributed by atoms with Crippen LogP contribution in [0, 0.1) is 6.92 Å². The molecule has 0 aromatic heterocycles. The second-order valence-corrected chi connectivity index (χ2v) is 6.48. The van der Waals surface area contributed by atoms with E-state index in [-0.39, 0.29) is 12.1 Å². The molecule has 0 aliphatic carbocycles. The van der Waals surface area contributed by atoms with Crippen molar-refractivity contribution in [2.45, 2.75) is 20.0 Å². The highest BCUT2D eigenvalue weighted by molar-refractivity contribution is 6.03. The summed E-state index contributed by atoms with van der Waals surface area (Å²) < 4.78 is 0.420. The first-order chi connectivity index (χ1) is 12.1. The molecule has 0 fully saturated rings. The van der Waals surface area contributed by atoms with E-state index in [9.17, 15) is 4.79 Å². The predicted molar refractivity (Wildman–Crippen MR) is 101 cm³/mol. The molecule has 1 aliphatic rings. The third-order valence-corrected chi connectivity index (χ3v) is 4.98. The summed E-state index contributed by atoms with van der Waals surface area (Å²) in [6.07, 6.45) is -0.243. The molecule has 2 unspecified atom stereocenters. The van der Waals surface area contributed by atoms with Crippen molar-refractivity contribution < 1.29 is 4.79 Å². The van der Waals surface area contributed by atoms with Gasteiger partial charge in [0, 0.05) is 37.3 Å². The van der Waals surface area contributed by atoms with Crippen molar-refractivity contribution in [3.8, 4) is 0 Å². The summed E-state index contributed by atoms with van der Waals surface area (Å²) in [6.45, 7) is 4.10. The fourth-order valence-corrected chi connectivity index (χ4v) is 3.79. The molecule has 0 spiro atoms. The van der Waals surface area contributed by atoms with Crippen LogP contribution >= 0.6 is 0 Å². The molecule has 25 heavy (non-hydrogen) atoms. The van der Waals surface area contributed by atoms with E-state index in [2.05, 4.69) is 48.6 Å². The standard InChI is InChI=1S/C22H20N2O/c1-16-12-14-19(15-13-16)24(18-8-4-3-5-9-18)17(2)23-22(25)20-10-6-7-11-21(20)24/h3-15,17H,1-2H3/q+1. The number of carbonyl (C=O) groups excluding carboxylic acids is 1. The van der Waals surface area contributed by atoms with Crippen molar-refractivity contribution in [1.82, 2.24) is 9.80 Å². The van der Waals surface area contributed by atoms with Crippen LogP contribution in [0.1, 0.15) is 22.8 Å². The minimum Gasteiger partial charge on any atom is -0.267 e. The summed E-state index contributed by atoms with van der Waals surface area (Å²) in [6, 6.07) is 26.6. The van der Waals surface area contributed by atoms with Gasteiger partial charge in [-0.1, -0.05) is 48.0 Å². The lowest BCUT2D eigenvalue weighted by molar-refractivity contribution is 0.0890. The van der Waals surface area contributed by atoms with E-state index in [1.807, 2.05) is 49.4 Å². The maximum Gasteiger partial charge on any atom is 0.283 e. The molecule has 4 rings (SSSR count). The van der Waals surface area contributed by atoms with Crippen molar-refractivity contribution in [3.63, 3.8) is 0 Å². The third-order valence-electron chi connectivity index (χ3n) is 4.98. The van der Waals surface area contributed by atoms with Gasteiger partial charge in [-0.25, -0.2) is 4.48 Å². The normalized spacial score (nSPS) is 22.2. The zero-order chi connectivity index (χ0) is 17.4. The Balaban J connectivity index is 2.10. The second-order valence-electron chi connectivity index (χ2n) is 6.48. The lowest BCUT2D eigenvalue weighted by Gasteiger charge is -2.44. The smallest absolute Gasteiger partial charge is 0.267 e. The van der Waals surface area contributed by atoms with Crippen molar-refractivity contribution in [1.29, 1.82) is 0 Å². The summed E-state index contributed by atoms with van der Waals surface area (Å²) in [4.78, 5) is 12.5. The molecule has 1 aliphatic heterocycles. The summed E-state index contributed by atoms with van der Waals surface area (Å²) in [5.41, 5.74) is 5.06. The SMILES string of the molecule is Cc1ccc([N+]2(c3ccccc3)c3ccccc3C(=O)[N]C2C)cc1. The van der Waals surface area contributed by atoms with Gasteiger partial charge in [0.15, 0.2) is 11.9 Å². The number of quaternary nitrogens is 1. The highest BCUT2D eigenvalue weighted by Gasteiger charge is 2.49. The highest BCUT2D eigenvalue weighted by atomic mass is 16.2. The first-order valence-electron chi connectivity index (χ1n) is 8.50. The number of nitrogens with zero attached hydrogens (tertiary/aromatic N) is 2. The molecule has 3 aromatic carbocycles. The minimum absolute atomic E-state index is 0.139. The first kappa shape index (κ1) is 15.6. The minimum atomic E-state index is -0.243. The van der Waals surface area contributed by atoms with Crippen molar-refractivity contribution in [2.75, 3.05) is 0 Å². The molecule has 3 aromatic rings. The van der Waals surface area contributed by atoms with Gasteiger partial charge in [-0.3, -0.25) is 4.79 Å². The fourth-order valence-electron chi connectivity index (χ4n) is 3.79.